The van der Waals surface area contributed by atoms with Crippen LogP contribution in [0.15, 0.2) is 30.6 Å². The molecular weight excluding hydrogens is 328 g/mol. The second-order valence-corrected chi connectivity index (χ2v) is 6.13. The van der Waals surface area contributed by atoms with E-state index in [2.05, 4.69) is 20.6 Å². The van der Waals surface area contributed by atoms with E-state index < -0.39 is 0 Å². The number of amides is 1. The molecule has 7 heteroatoms. The molecule has 2 heterocycles. The number of carbonyl (C=O) groups is 1. The van der Waals surface area contributed by atoms with Gasteiger partial charge >= 0.3 is 0 Å². The van der Waals surface area contributed by atoms with Gasteiger partial charge in [0.05, 0.1) is 6.10 Å². The summed E-state index contributed by atoms with van der Waals surface area (Å²) in [5, 5.41) is 6.64. The number of aryl methyl sites for hydroxylation is 1. The SMILES string of the molecule is Cc1ccc(Nc2cc(C(=O)NCC3CCCO3)ncn2)cc1Cl. The van der Waals surface area contributed by atoms with Gasteiger partial charge in [-0.3, -0.25) is 4.79 Å². The first kappa shape index (κ1) is 16.7. The van der Waals surface area contributed by atoms with E-state index in [1.807, 2.05) is 25.1 Å². The van der Waals surface area contributed by atoms with E-state index in [9.17, 15) is 4.79 Å². The number of benzene rings is 1. The molecule has 0 saturated carbocycles. The average Bonchev–Trinajstić information content (AvgIpc) is 3.10. The standard InChI is InChI=1S/C17H19ClN4O2/c1-11-4-5-12(7-14(11)18)22-16-8-15(20-10-21-16)17(23)19-9-13-3-2-6-24-13/h4-5,7-8,10,13H,2-3,6,9H2,1H3,(H,19,23)(H,20,21,22). The molecule has 1 aliphatic rings. The Bertz CT molecular complexity index is 732. The molecule has 0 radical (unpaired) electrons. The zero-order valence-corrected chi connectivity index (χ0v) is 14.1. The summed E-state index contributed by atoms with van der Waals surface area (Å²) in [5.74, 6) is 0.296. The van der Waals surface area contributed by atoms with Crippen LogP contribution >= 0.6 is 11.6 Å². The third-order valence-corrected chi connectivity index (χ3v) is 4.27. The summed E-state index contributed by atoms with van der Waals surface area (Å²) in [7, 11) is 0. The molecule has 1 unspecified atom stereocenters. The van der Waals surface area contributed by atoms with E-state index in [0.29, 0.717) is 23.1 Å². The van der Waals surface area contributed by atoms with Crippen LogP contribution in [0, 0.1) is 6.92 Å². The Morgan fingerprint density at radius 3 is 3.00 bits per heavy atom. The van der Waals surface area contributed by atoms with Gasteiger partial charge in [-0.25, -0.2) is 9.97 Å². The van der Waals surface area contributed by atoms with Crippen molar-refractivity contribution in [3.8, 4) is 0 Å². The van der Waals surface area contributed by atoms with Crippen molar-refractivity contribution < 1.29 is 9.53 Å². The highest BCUT2D eigenvalue weighted by atomic mass is 35.5. The molecule has 1 aromatic carbocycles. The van der Waals surface area contributed by atoms with E-state index in [1.165, 1.54) is 6.33 Å². The molecule has 3 rings (SSSR count). The summed E-state index contributed by atoms with van der Waals surface area (Å²) in [6.07, 6.45) is 3.48. The molecular formula is C17H19ClN4O2. The van der Waals surface area contributed by atoms with E-state index in [1.54, 1.807) is 6.07 Å². The number of nitrogens with one attached hydrogen (secondary N) is 2. The number of aromatic nitrogens is 2. The van der Waals surface area contributed by atoms with Crippen LogP contribution in [-0.4, -0.2) is 35.1 Å². The first-order chi connectivity index (χ1) is 11.6. The Balaban J connectivity index is 1.64. The van der Waals surface area contributed by atoms with Crippen LogP contribution in [0.4, 0.5) is 11.5 Å². The molecule has 126 valence electrons. The van der Waals surface area contributed by atoms with Gasteiger partial charge < -0.3 is 15.4 Å². The largest absolute Gasteiger partial charge is 0.376 e. The number of anilines is 2. The van der Waals surface area contributed by atoms with E-state index in [4.69, 9.17) is 16.3 Å². The van der Waals surface area contributed by atoms with Crippen molar-refractivity contribution in [2.45, 2.75) is 25.9 Å². The summed E-state index contributed by atoms with van der Waals surface area (Å²) >= 11 is 6.12. The van der Waals surface area contributed by atoms with E-state index in [0.717, 1.165) is 30.7 Å². The van der Waals surface area contributed by atoms with Gasteiger partial charge in [0.1, 0.15) is 17.8 Å². The van der Waals surface area contributed by atoms with Crippen molar-refractivity contribution in [2.75, 3.05) is 18.5 Å². The number of hydrogen-bond donors (Lipinski definition) is 2. The molecule has 0 spiro atoms. The predicted molar refractivity (Wildman–Crippen MR) is 92.8 cm³/mol. The quantitative estimate of drug-likeness (QED) is 0.870. The topological polar surface area (TPSA) is 76.1 Å². The third-order valence-electron chi connectivity index (χ3n) is 3.86. The molecule has 1 atom stereocenters. The van der Waals surface area contributed by atoms with Crippen molar-refractivity contribution in [2.24, 2.45) is 0 Å². The molecule has 0 aliphatic carbocycles. The number of nitrogens with zero attached hydrogens (tertiary/aromatic N) is 2. The van der Waals surface area contributed by atoms with Crippen molar-refractivity contribution in [3.63, 3.8) is 0 Å². The van der Waals surface area contributed by atoms with Crippen molar-refractivity contribution in [3.05, 3.63) is 46.9 Å². The smallest absolute Gasteiger partial charge is 0.270 e. The fourth-order valence-corrected chi connectivity index (χ4v) is 2.65. The van der Waals surface area contributed by atoms with Gasteiger partial charge in [-0.05, 0) is 37.5 Å². The van der Waals surface area contributed by atoms with Crippen LogP contribution in [0.3, 0.4) is 0 Å². The highest BCUT2D eigenvalue weighted by Gasteiger charge is 2.17. The van der Waals surface area contributed by atoms with E-state index in [-0.39, 0.29) is 12.0 Å². The van der Waals surface area contributed by atoms with Gasteiger partial charge in [0.25, 0.3) is 5.91 Å². The first-order valence-electron chi connectivity index (χ1n) is 7.87. The summed E-state index contributed by atoms with van der Waals surface area (Å²) in [6, 6.07) is 7.25. The highest BCUT2D eigenvalue weighted by molar-refractivity contribution is 6.31. The average molecular weight is 347 g/mol. The van der Waals surface area contributed by atoms with Crippen LogP contribution in [0.5, 0.6) is 0 Å². The minimum atomic E-state index is -0.238. The van der Waals surface area contributed by atoms with Crippen LogP contribution in [0.1, 0.15) is 28.9 Å². The van der Waals surface area contributed by atoms with Gasteiger partial charge in [0.2, 0.25) is 0 Å². The Kier molecular flexibility index (Phi) is 5.27. The molecule has 2 N–H and O–H groups in total. The molecule has 1 aliphatic heterocycles. The summed E-state index contributed by atoms with van der Waals surface area (Å²) in [5.41, 5.74) is 2.11. The second-order valence-electron chi connectivity index (χ2n) is 5.72. The van der Waals surface area contributed by atoms with Crippen molar-refractivity contribution in [1.29, 1.82) is 0 Å². The third kappa shape index (κ3) is 4.21. The maximum atomic E-state index is 12.2. The van der Waals surface area contributed by atoms with Gasteiger partial charge in [-0.2, -0.15) is 0 Å². The van der Waals surface area contributed by atoms with Crippen LogP contribution in [-0.2, 0) is 4.74 Å². The highest BCUT2D eigenvalue weighted by Crippen LogP contribution is 2.22. The molecule has 24 heavy (non-hydrogen) atoms. The van der Waals surface area contributed by atoms with Crippen LogP contribution < -0.4 is 10.6 Å². The number of carbonyl (C=O) groups excluding carboxylic acids is 1. The maximum absolute atomic E-state index is 12.2. The number of halogens is 1. The molecule has 1 amide bonds. The Labute approximate surface area is 145 Å². The van der Waals surface area contributed by atoms with Crippen molar-refractivity contribution >= 4 is 29.0 Å². The minimum Gasteiger partial charge on any atom is -0.376 e. The van der Waals surface area contributed by atoms with Gasteiger partial charge in [0, 0.05) is 29.9 Å². The fraction of sp³-hybridized carbons (Fsp3) is 0.353. The first-order valence-corrected chi connectivity index (χ1v) is 8.24. The normalized spacial score (nSPS) is 16.8. The Morgan fingerprint density at radius 1 is 1.38 bits per heavy atom. The van der Waals surface area contributed by atoms with Crippen molar-refractivity contribution in [1.82, 2.24) is 15.3 Å². The number of hydrogen-bond acceptors (Lipinski definition) is 5. The predicted octanol–water partition coefficient (Wildman–Crippen LogP) is 3.09. The van der Waals surface area contributed by atoms with Gasteiger partial charge in [0.15, 0.2) is 0 Å². The second kappa shape index (κ2) is 7.59. The Hall–Kier alpha value is -2.18. The number of rotatable bonds is 5. The lowest BCUT2D eigenvalue weighted by Crippen LogP contribution is -2.32. The zero-order chi connectivity index (χ0) is 16.9. The summed E-state index contributed by atoms with van der Waals surface area (Å²) in [4.78, 5) is 20.4. The number of ether oxygens (including phenoxy) is 1. The van der Waals surface area contributed by atoms with E-state index >= 15 is 0 Å². The van der Waals surface area contributed by atoms with Crippen LogP contribution in [0.2, 0.25) is 5.02 Å². The summed E-state index contributed by atoms with van der Waals surface area (Å²) in [6.45, 7) is 3.20. The maximum Gasteiger partial charge on any atom is 0.270 e. The molecule has 2 aromatic rings. The lowest BCUT2D eigenvalue weighted by atomic mass is 10.2. The van der Waals surface area contributed by atoms with Gasteiger partial charge in [-0.1, -0.05) is 17.7 Å². The Morgan fingerprint density at radius 2 is 2.25 bits per heavy atom. The fourth-order valence-electron chi connectivity index (χ4n) is 2.47. The van der Waals surface area contributed by atoms with Crippen LogP contribution in [0.25, 0.3) is 0 Å². The zero-order valence-electron chi connectivity index (χ0n) is 13.4. The van der Waals surface area contributed by atoms with Gasteiger partial charge in [-0.15, -0.1) is 0 Å². The lowest BCUT2D eigenvalue weighted by Gasteiger charge is -2.11. The molecule has 1 fully saturated rings. The molecule has 1 saturated heterocycles. The molecule has 1 aromatic heterocycles. The summed E-state index contributed by atoms with van der Waals surface area (Å²) < 4.78 is 5.49. The monoisotopic (exact) mass is 346 g/mol. The molecule has 0 bridgehead atoms. The molecule has 6 nitrogen and oxygen atoms in total. The minimum absolute atomic E-state index is 0.100. The lowest BCUT2D eigenvalue weighted by molar-refractivity contribution is 0.0853.